The fourth-order valence-electron chi connectivity index (χ4n) is 4.79. The Kier molecular flexibility index (Phi) is 7.42. The van der Waals surface area contributed by atoms with Gasteiger partial charge in [0.05, 0.1) is 12.1 Å². The number of nitrogens with zero attached hydrogens (tertiary/aromatic N) is 2. The Bertz CT molecular complexity index is 1540. The largest absolute Gasteiger partial charge is 0.359 e. The maximum atomic E-state index is 13.3. The van der Waals surface area contributed by atoms with Gasteiger partial charge < -0.3 is 16.0 Å². The molecule has 2 heterocycles. The first-order valence-electron chi connectivity index (χ1n) is 12.6. The molecule has 202 valence electrons. The summed E-state index contributed by atoms with van der Waals surface area (Å²) in [6.45, 7) is 1.53. The number of nitrogens with one attached hydrogen (secondary N) is 3. The number of benzene rings is 2. The number of thiazole rings is 1. The van der Waals surface area contributed by atoms with Crippen molar-refractivity contribution < 1.29 is 23.2 Å². The second kappa shape index (κ2) is 10.9. The fraction of sp³-hybridized carbons (Fsp3) is 0.286. The number of carbonyl (C=O) groups is 3. The molecular formula is C28H27F2N5O3S. The molecule has 2 aromatic heterocycles. The van der Waals surface area contributed by atoms with Gasteiger partial charge in [0.2, 0.25) is 17.7 Å². The molecule has 2 aromatic carbocycles. The Balaban J connectivity index is 1.19. The molecular weight excluding hydrogens is 524 g/mol. The Labute approximate surface area is 227 Å². The summed E-state index contributed by atoms with van der Waals surface area (Å²) in [5.74, 6) is -2.40. The molecule has 0 saturated heterocycles. The summed E-state index contributed by atoms with van der Waals surface area (Å²) in [5, 5.41) is 8.04. The highest BCUT2D eigenvalue weighted by Crippen LogP contribution is 2.34. The molecule has 0 radical (unpaired) electrons. The molecule has 1 unspecified atom stereocenters. The van der Waals surface area contributed by atoms with Crippen LogP contribution in [0, 0.1) is 17.6 Å². The van der Waals surface area contributed by atoms with Gasteiger partial charge in [-0.25, -0.2) is 13.8 Å². The van der Waals surface area contributed by atoms with E-state index in [0.29, 0.717) is 5.69 Å². The van der Waals surface area contributed by atoms with Crippen molar-refractivity contribution in [3.05, 3.63) is 76.4 Å². The van der Waals surface area contributed by atoms with Crippen molar-refractivity contribution in [2.24, 2.45) is 5.92 Å². The normalized spacial score (nSPS) is 15.4. The summed E-state index contributed by atoms with van der Waals surface area (Å²) >= 11 is 1.61. The van der Waals surface area contributed by atoms with Gasteiger partial charge >= 0.3 is 0 Å². The van der Waals surface area contributed by atoms with Crippen LogP contribution >= 0.6 is 11.3 Å². The molecule has 0 saturated carbocycles. The number of fused-ring (bicyclic) bond motifs is 3. The van der Waals surface area contributed by atoms with Crippen molar-refractivity contribution >= 4 is 39.7 Å². The summed E-state index contributed by atoms with van der Waals surface area (Å²) in [5.41, 5.74) is 3.64. The number of rotatable bonds is 7. The Morgan fingerprint density at radius 2 is 1.85 bits per heavy atom. The zero-order chi connectivity index (χ0) is 27.7. The van der Waals surface area contributed by atoms with Crippen molar-refractivity contribution in [1.82, 2.24) is 20.0 Å². The third-order valence-electron chi connectivity index (χ3n) is 6.79. The van der Waals surface area contributed by atoms with Gasteiger partial charge in [-0.05, 0) is 56.0 Å². The zero-order valence-corrected chi connectivity index (χ0v) is 22.2. The van der Waals surface area contributed by atoms with E-state index in [0.717, 1.165) is 53.7 Å². The summed E-state index contributed by atoms with van der Waals surface area (Å²) in [7, 11) is 1.67. The highest BCUT2D eigenvalue weighted by molar-refractivity contribution is 7.17. The van der Waals surface area contributed by atoms with E-state index in [2.05, 4.69) is 20.4 Å². The Morgan fingerprint density at radius 1 is 1.13 bits per heavy atom. The SMILES string of the molecule is CNC(=O)C1CCc2c(sc3nc(-c4ccc(NC(=O)[C@H](C)NC(=O)Cc5cc(F)cc(F)c5)cc4)cn23)C1. The molecule has 4 aromatic rings. The molecule has 1 aliphatic rings. The van der Waals surface area contributed by atoms with E-state index in [-0.39, 0.29) is 23.8 Å². The van der Waals surface area contributed by atoms with Crippen LogP contribution in [0.2, 0.25) is 0 Å². The molecule has 1 aliphatic carbocycles. The lowest BCUT2D eigenvalue weighted by atomic mass is 9.90. The summed E-state index contributed by atoms with van der Waals surface area (Å²) in [4.78, 5) is 43.7. The van der Waals surface area contributed by atoms with Crippen molar-refractivity contribution in [3.8, 4) is 11.3 Å². The molecule has 3 amide bonds. The van der Waals surface area contributed by atoms with Gasteiger partial charge in [-0.2, -0.15) is 0 Å². The number of carbonyl (C=O) groups excluding carboxylic acids is 3. The van der Waals surface area contributed by atoms with E-state index in [4.69, 9.17) is 4.98 Å². The average molecular weight is 552 g/mol. The number of hydrogen-bond donors (Lipinski definition) is 3. The average Bonchev–Trinajstić information content (AvgIpc) is 3.45. The van der Waals surface area contributed by atoms with Gasteiger partial charge in [0.15, 0.2) is 4.96 Å². The fourth-order valence-corrected chi connectivity index (χ4v) is 6.01. The molecule has 0 fully saturated rings. The minimum atomic E-state index is -0.857. The van der Waals surface area contributed by atoms with E-state index in [1.807, 2.05) is 18.3 Å². The van der Waals surface area contributed by atoms with Gasteiger partial charge in [0, 0.05) is 47.1 Å². The van der Waals surface area contributed by atoms with Gasteiger partial charge in [-0.15, -0.1) is 11.3 Å². The molecule has 0 bridgehead atoms. The third-order valence-corrected chi connectivity index (χ3v) is 7.90. The molecule has 5 rings (SSSR count). The van der Waals surface area contributed by atoms with E-state index < -0.39 is 29.5 Å². The molecule has 0 aliphatic heterocycles. The maximum absolute atomic E-state index is 13.3. The van der Waals surface area contributed by atoms with Crippen molar-refractivity contribution in [2.45, 2.75) is 38.6 Å². The van der Waals surface area contributed by atoms with Crippen molar-refractivity contribution in [1.29, 1.82) is 0 Å². The van der Waals surface area contributed by atoms with E-state index in [1.165, 1.54) is 17.5 Å². The van der Waals surface area contributed by atoms with E-state index in [9.17, 15) is 23.2 Å². The van der Waals surface area contributed by atoms with Gasteiger partial charge in [-0.3, -0.25) is 18.8 Å². The number of imidazole rings is 1. The van der Waals surface area contributed by atoms with Crippen molar-refractivity contribution in [3.63, 3.8) is 0 Å². The molecule has 39 heavy (non-hydrogen) atoms. The van der Waals surface area contributed by atoms with Crippen LogP contribution in [0.25, 0.3) is 16.2 Å². The predicted molar refractivity (Wildman–Crippen MR) is 144 cm³/mol. The van der Waals surface area contributed by atoms with Crippen LogP contribution in [0.15, 0.2) is 48.7 Å². The number of aryl methyl sites for hydroxylation is 1. The quantitative estimate of drug-likeness (QED) is 0.324. The topological polar surface area (TPSA) is 105 Å². The zero-order valence-electron chi connectivity index (χ0n) is 21.4. The van der Waals surface area contributed by atoms with Crippen LogP contribution in [-0.4, -0.2) is 40.2 Å². The summed E-state index contributed by atoms with van der Waals surface area (Å²) in [6.07, 6.45) is 4.11. The standard InChI is InChI=1S/C28H27F2N5O3S/c1-15(32-25(36)11-16-9-19(29)13-20(30)10-16)26(37)33-21-6-3-17(4-7-21)22-14-35-23-8-5-18(27(38)31-2)12-24(23)39-28(35)34-22/h3-4,6-7,9-10,13-15,18H,5,8,11-12H2,1-2H3,(H,31,38)(H,32,36)(H,33,37)/t15-,18?/m0/s1. The lowest BCUT2D eigenvalue weighted by molar-refractivity contribution is -0.125. The second-order valence-electron chi connectivity index (χ2n) is 9.61. The molecule has 3 N–H and O–H groups in total. The molecule has 8 nitrogen and oxygen atoms in total. The van der Waals surface area contributed by atoms with Crippen LogP contribution in [-0.2, 0) is 33.6 Å². The first-order chi connectivity index (χ1) is 18.7. The molecule has 0 spiro atoms. The van der Waals surface area contributed by atoms with Crippen LogP contribution < -0.4 is 16.0 Å². The van der Waals surface area contributed by atoms with E-state index in [1.54, 1.807) is 30.5 Å². The lowest BCUT2D eigenvalue weighted by Gasteiger charge is -2.20. The van der Waals surface area contributed by atoms with E-state index >= 15 is 0 Å². The van der Waals surface area contributed by atoms with Crippen LogP contribution in [0.5, 0.6) is 0 Å². The Morgan fingerprint density at radius 3 is 2.54 bits per heavy atom. The minimum absolute atomic E-state index is 0.00197. The first kappa shape index (κ1) is 26.5. The number of halogens is 2. The smallest absolute Gasteiger partial charge is 0.246 e. The lowest BCUT2D eigenvalue weighted by Crippen LogP contribution is -2.42. The highest BCUT2D eigenvalue weighted by atomic mass is 32.1. The molecule has 11 heteroatoms. The van der Waals surface area contributed by atoms with Crippen LogP contribution in [0.1, 0.15) is 29.5 Å². The monoisotopic (exact) mass is 551 g/mol. The minimum Gasteiger partial charge on any atom is -0.359 e. The number of aromatic nitrogens is 2. The van der Waals surface area contributed by atoms with Gasteiger partial charge in [0.25, 0.3) is 0 Å². The first-order valence-corrected chi connectivity index (χ1v) is 13.4. The van der Waals surface area contributed by atoms with Crippen LogP contribution in [0.4, 0.5) is 14.5 Å². The van der Waals surface area contributed by atoms with Crippen molar-refractivity contribution in [2.75, 3.05) is 12.4 Å². The predicted octanol–water partition coefficient (Wildman–Crippen LogP) is 3.88. The summed E-state index contributed by atoms with van der Waals surface area (Å²) in [6, 6.07) is 9.27. The van der Waals surface area contributed by atoms with Gasteiger partial charge in [0.1, 0.15) is 17.7 Å². The maximum Gasteiger partial charge on any atom is 0.246 e. The highest BCUT2D eigenvalue weighted by Gasteiger charge is 2.28. The number of hydrogen-bond acceptors (Lipinski definition) is 5. The third kappa shape index (κ3) is 5.83. The number of anilines is 1. The van der Waals surface area contributed by atoms with Crippen LogP contribution in [0.3, 0.4) is 0 Å². The number of amides is 3. The summed E-state index contributed by atoms with van der Waals surface area (Å²) < 4.78 is 28.8. The molecule has 2 atom stereocenters. The van der Waals surface area contributed by atoms with Gasteiger partial charge in [-0.1, -0.05) is 12.1 Å². The second-order valence-corrected chi connectivity index (χ2v) is 10.7. The Hall–Kier alpha value is -4.12.